The van der Waals surface area contributed by atoms with Crippen molar-refractivity contribution in [1.29, 1.82) is 0 Å². The van der Waals surface area contributed by atoms with Crippen LogP contribution in [0, 0.1) is 0 Å². The molecule has 70 valence electrons. The standard InChI is InChI=1S/C7H6Cl2N2OS/c8-4-2-1-3-5(9)6(4)13-11-7(10)12/h1-3H,(H3,10,11,12). The Bertz CT molecular complexity index is 312. The van der Waals surface area contributed by atoms with Crippen molar-refractivity contribution in [3.05, 3.63) is 28.2 Å². The Morgan fingerprint density at radius 1 is 1.38 bits per heavy atom. The molecule has 3 N–H and O–H groups in total. The molecule has 0 atom stereocenters. The van der Waals surface area contributed by atoms with Gasteiger partial charge in [0, 0.05) is 0 Å². The van der Waals surface area contributed by atoms with Crippen LogP contribution in [0.3, 0.4) is 0 Å². The monoisotopic (exact) mass is 236 g/mol. The van der Waals surface area contributed by atoms with Crippen molar-refractivity contribution in [2.24, 2.45) is 5.73 Å². The van der Waals surface area contributed by atoms with Crippen LogP contribution in [0.5, 0.6) is 0 Å². The van der Waals surface area contributed by atoms with E-state index in [1.807, 2.05) is 0 Å². The summed E-state index contributed by atoms with van der Waals surface area (Å²) in [4.78, 5) is 11.0. The molecule has 0 radical (unpaired) electrons. The van der Waals surface area contributed by atoms with Crippen LogP contribution < -0.4 is 10.5 Å². The first-order valence-electron chi connectivity index (χ1n) is 3.27. The zero-order chi connectivity index (χ0) is 9.84. The number of carbonyl (C=O) groups excluding carboxylic acids is 1. The van der Waals surface area contributed by atoms with Crippen LogP contribution in [-0.4, -0.2) is 6.03 Å². The Labute approximate surface area is 89.7 Å². The highest BCUT2D eigenvalue weighted by Crippen LogP contribution is 2.31. The smallest absolute Gasteiger partial charge is 0.322 e. The van der Waals surface area contributed by atoms with Gasteiger partial charge in [-0.2, -0.15) is 0 Å². The number of rotatable bonds is 2. The second-order valence-corrected chi connectivity index (χ2v) is 3.75. The largest absolute Gasteiger partial charge is 0.351 e. The molecule has 0 aliphatic heterocycles. The van der Waals surface area contributed by atoms with E-state index in [9.17, 15) is 4.79 Å². The molecule has 13 heavy (non-hydrogen) atoms. The summed E-state index contributed by atoms with van der Waals surface area (Å²) in [6.07, 6.45) is 0. The minimum Gasteiger partial charge on any atom is -0.351 e. The molecule has 6 heteroatoms. The van der Waals surface area contributed by atoms with Crippen molar-refractivity contribution in [2.45, 2.75) is 4.90 Å². The first-order valence-corrected chi connectivity index (χ1v) is 4.85. The van der Waals surface area contributed by atoms with Gasteiger partial charge in [-0.05, 0) is 24.1 Å². The van der Waals surface area contributed by atoms with Gasteiger partial charge in [0.25, 0.3) is 0 Å². The summed E-state index contributed by atoms with van der Waals surface area (Å²) >= 11 is 12.6. The molecule has 0 saturated heterocycles. The number of nitrogens with one attached hydrogen (secondary N) is 1. The maximum atomic E-state index is 10.4. The van der Waals surface area contributed by atoms with Crippen LogP contribution >= 0.6 is 35.1 Å². The Morgan fingerprint density at radius 2 is 1.92 bits per heavy atom. The van der Waals surface area contributed by atoms with Gasteiger partial charge in [0.15, 0.2) is 0 Å². The topological polar surface area (TPSA) is 55.1 Å². The summed E-state index contributed by atoms with van der Waals surface area (Å²) in [5.74, 6) is 0. The molecule has 2 amide bonds. The highest BCUT2D eigenvalue weighted by molar-refractivity contribution is 7.98. The summed E-state index contributed by atoms with van der Waals surface area (Å²) in [6.45, 7) is 0. The molecule has 0 spiro atoms. The van der Waals surface area contributed by atoms with Gasteiger partial charge in [-0.15, -0.1) is 0 Å². The number of halogens is 2. The quantitative estimate of drug-likeness (QED) is 0.777. The van der Waals surface area contributed by atoms with Crippen molar-refractivity contribution < 1.29 is 4.79 Å². The van der Waals surface area contributed by atoms with E-state index in [0.717, 1.165) is 11.9 Å². The Hall–Kier alpha value is -0.580. The molecular formula is C7H6Cl2N2OS. The molecule has 0 fully saturated rings. The van der Waals surface area contributed by atoms with Gasteiger partial charge in [0.1, 0.15) is 0 Å². The number of primary amides is 1. The summed E-state index contributed by atoms with van der Waals surface area (Å²) < 4.78 is 2.33. The van der Waals surface area contributed by atoms with E-state index in [2.05, 4.69) is 4.72 Å². The number of benzene rings is 1. The molecule has 1 aromatic carbocycles. The van der Waals surface area contributed by atoms with Crippen LogP contribution in [0.1, 0.15) is 0 Å². The first kappa shape index (κ1) is 10.5. The summed E-state index contributed by atoms with van der Waals surface area (Å²) in [5.41, 5.74) is 4.88. The molecule has 0 bridgehead atoms. The lowest BCUT2D eigenvalue weighted by Gasteiger charge is -2.04. The number of amides is 2. The van der Waals surface area contributed by atoms with Crippen molar-refractivity contribution in [3.63, 3.8) is 0 Å². The van der Waals surface area contributed by atoms with Gasteiger partial charge in [-0.25, -0.2) is 4.79 Å². The maximum Gasteiger partial charge on any atom is 0.322 e. The molecule has 0 saturated carbocycles. The van der Waals surface area contributed by atoms with Crippen molar-refractivity contribution >= 4 is 41.2 Å². The lowest BCUT2D eigenvalue weighted by atomic mass is 10.4. The van der Waals surface area contributed by atoms with Crippen molar-refractivity contribution in [2.75, 3.05) is 0 Å². The Balaban J connectivity index is 2.81. The summed E-state index contributed by atoms with van der Waals surface area (Å²) in [7, 11) is 0. The molecule has 0 heterocycles. The van der Waals surface area contributed by atoms with Crippen molar-refractivity contribution in [1.82, 2.24) is 4.72 Å². The Morgan fingerprint density at radius 3 is 2.38 bits per heavy atom. The van der Waals surface area contributed by atoms with Gasteiger partial charge in [0.05, 0.1) is 14.9 Å². The molecule has 0 aliphatic carbocycles. The van der Waals surface area contributed by atoms with Gasteiger partial charge >= 0.3 is 6.03 Å². The second-order valence-electron chi connectivity index (χ2n) is 2.12. The van der Waals surface area contributed by atoms with Gasteiger partial charge < -0.3 is 5.73 Å². The third kappa shape index (κ3) is 2.99. The fourth-order valence-corrected chi connectivity index (χ4v) is 1.84. The summed E-state index contributed by atoms with van der Waals surface area (Å²) in [6, 6.07) is 4.44. The normalized spacial score (nSPS) is 9.69. The maximum absolute atomic E-state index is 10.4. The third-order valence-electron chi connectivity index (χ3n) is 1.17. The zero-order valence-electron chi connectivity index (χ0n) is 6.38. The lowest BCUT2D eigenvalue weighted by molar-refractivity contribution is 0.254. The Kier molecular flexibility index (Phi) is 3.71. The molecule has 1 aromatic rings. The average Bonchev–Trinajstić information content (AvgIpc) is 2.03. The first-order chi connectivity index (χ1) is 6.11. The minimum atomic E-state index is -0.638. The highest BCUT2D eigenvalue weighted by atomic mass is 35.5. The fraction of sp³-hybridized carbons (Fsp3) is 0. The van der Waals surface area contributed by atoms with Gasteiger partial charge in [0.2, 0.25) is 0 Å². The van der Waals surface area contributed by atoms with Crippen LogP contribution in [0.4, 0.5) is 4.79 Å². The fourth-order valence-electron chi connectivity index (χ4n) is 0.681. The summed E-state index contributed by atoms with van der Waals surface area (Å²) in [5, 5.41) is 0.956. The second kappa shape index (κ2) is 4.60. The van der Waals surface area contributed by atoms with E-state index < -0.39 is 6.03 Å². The SMILES string of the molecule is NC(=O)NSc1c(Cl)cccc1Cl. The van der Waals surface area contributed by atoms with Crippen LogP contribution in [0.15, 0.2) is 23.1 Å². The number of carbonyl (C=O) groups is 1. The zero-order valence-corrected chi connectivity index (χ0v) is 8.71. The predicted octanol–water partition coefficient (Wildman–Crippen LogP) is 2.67. The molecule has 0 aromatic heterocycles. The van der Waals surface area contributed by atoms with Gasteiger partial charge in [-0.1, -0.05) is 29.3 Å². The number of hydrogen-bond acceptors (Lipinski definition) is 2. The third-order valence-corrected chi connectivity index (χ3v) is 2.97. The van der Waals surface area contributed by atoms with Crippen LogP contribution in [0.25, 0.3) is 0 Å². The van der Waals surface area contributed by atoms with E-state index in [1.54, 1.807) is 18.2 Å². The molecule has 3 nitrogen and oxygen atoms in total. The van der Waals surface area contributed by atoms with E-state index in [4.69, 9.17) is 28.9 Å². The number of nitrogens with two attached hydrogens (primary N) is 1. The highest BCUT2D eigenvalue weighted by Gasteiger charge is 2.06. The average molecular weight is 237 g/mol. The van der Waals surface area contributed by atoms with Crippen molar-refractivity contribution in [3.8, 4) is 0 Å². The van der Waals surface area contributed by atoms with Gasteiger partial charge in [-0.3, -0.25) is 4.72 Å². The predicted molar refractivity (Wildman–Crippen MR) is 55.0 cm³/mol. The van der Waals surface area contributed by atoms with E-state index >= 15 is 0 Å². The number of urea groups is 1. The van der Waals surface area contributed by atoms with Crippen LogP contribution in [-0.2, 0) is 0 Å². The van der Waals surface area contributed by atoms with E-state index in [1.165, 1.54) is 0 Å². The van der Waals surface area contributed by atoms with Crippen LogP contribution in [0.2, 0.25) is 10.0 Å². The molecule has 0 aliphatic rings. The minimum absolute atomic E-state index is 0.478. The van der Waals surface area contributed by atoms with E-state index in [0.29, 0.717) is 14.9 Å². The van der Waals surface area contributed by atoms with E-state index in [-0.39, 0.29) is 0 Å². The molecular weight excluding hydrogens is 231 g/mol. The number of hydrogen-bond donors (Lipinski definition) is 2. The lowest BCUT2D eigenvalue weighted by Crippen LogP contribution is -2.22. The molecule has 1 rings (SSSR count). The molecule has 0 unspecified atom stereocenters.